The summed E-state index contributed by atoms with van der Waals surface area (Å²) in [5.41, 5.74) is 1.29. The van der Waals surface area contributed by atoms with Crippen LogP contribution in [0.5, 0.6) is 0 Å². The monoisotopic (exact) mass is 397 g/mol. The highest BCUT2D eigenvalue weighted by Crippen LogP contribution is 2.40. The van der Waals surface area contributed by atoms with Gasteiger partial charge in [-0.05, 0) is 35.2 Å². The van der Waals surface area contributed by atoms with Crippen molar-refractivity contribution in [3.8, 4) is 0 Å². The zero-order valence-corrected chi connectivity index (χ0v) is 17.7. The molecule has 1 aliphatic heterocycles. The summed E-state index contributed by atoms with van der Waals surface area (Å²) >= 11 is 0. The van der Waals surface area contributed by atoms with Gasteiger partial charge in [-0.3, -0.25) is 4.79 Å². The van der Waals surface area contributed by atoms with Crippen molar-refractivity contribution in [2.45, 2.75) is 38.0 Å². The summed E-state index contributed by atoms with van der Waals surface area (Å²) in [5.74, 6) is -0.366. The lowest BCUT2D eigenvalue weighted by molar-refractivity contribution is -0.114. The van der Waals surface area contributed by atoms with Crippen LogP contribution in [-0.2, 0) is 20.0 Å². The maximum atomic E-state index is 13.1. The topological polar surface area (TPSA) is 54.5 Å². The highest BCUT2D eigenvalue weighted by atomic mass is 32.2. The van der Waals surface area contributed by atoms with Crippen molar-refractivity contribution in [1.29, 1.82) is 0 Å². The minimum absolute atomic E-state index is 0.0450. The van der Waals surface area contributed by atoms with E-state index in [1.807, 2.05) is 42.5 Å². The van der Waals surface area contributed by atoms with Crippen LogP contribution in [0.2, 0.25) is 0 Å². The number of benzene rings is 2. The van der Waals surface area contributed by atoms with Crippen molar-refractivity contribution in [3.05, 3.63) is 72.3 Å². The van der Waals surface area contributed by atoms with E-state index in [1.54, 1.807) is 24.0 Å². The van der Waals surface area contributed by atoms with E-state index < -0.39 is 15.3 Å². The number of sulfone groups is 1. The van der Waals surface area contributed by atoms with Crippen molar-refractivity contribution in [1.82, 2.24) is 0 Å². The molecule has 4 nitrogen and oxygen atoms in total. The molecule has 0 saturated carbocycles. The molecule has 0 aromatic heterocycles. The first kappa shape index (κ1) is 20.3. The number of carbonyl (C=O) groups excluding carboxylic acids is 1. The molecule has 0 bridgehead atoms. The zero-order chi connectivity index (χ0) is 20.7. The SMILES string of the molecule is C=C1C(=O)N(c2ccccc2)CC1(C)CS(=O)(=O)c1ccc(C(C)(C)C)cc1. The molecule has 148 valence electrons. The Kier molecular flexibility index (Phi) is 5.00. The first-order chi connectivity index (χ1) is 12.9. The average Bonchev–Trinajstić information content (AvgIpc) is 2.85. The van der Waals surface area contributed by atoms with Gasteiger partial charge in [0.15, 0.2) is 9.84 Å². The maximum absolute atomic E-state index is 13.1. The summed E-state index contributed by atoms with van der Waals surface area (Å²) in [6, 6.07) is 16.3. The van der Waals surface area contributed by atoms with E-state index >= 15 is 0 Å². The van der Waals surface area contributed by atoms with Gasteiger partial charge in [-0.1, -0.05) is 64.6 Å². The minimum Gasteiger partial charge on any atom is -0.308 e. The fourth-order valence-electron chi connectivity index (χ4n) is 3.55. The van der Waals surface area contributed by atoms with Gasteiger partial charge >= 0.3 is 0 Å². The third-order valence-corrected chi connectivity index (χ3v) is 7.40. The van der Waals surface area contributed by atoms with Crippen molar-refractivity contribution in [2.24, 2.45) is 5.41 Å². The number of rotatable bonds is 4. The van der Waals surface area contributed by atoms with Gasteiger partial charge < -0.3 is 4.90 Å². The average molecular weight is 398 g/mol. The lowest BCUT2D eigenvalue weighted by Gasteiger charge is -2.25. The molecule has 0 spiro atoms. The van der Waals surface area contributed by atoms with Gasteiger partial charge in [0.25, 0.3) is 5.91 Å². The largest absolute Gasteiger partial charge is 0.308 e. The predicted molar refractivity (Wildman–Crippen MR) is 113 cm³/mol. The minimum atomic E-state index is -3.57. The van der Waals surface area contributed by atoms with E-state index in [0.717, 1.165) is 11.3 Å². The van der Waals surface area contributed by atoms with E-state index in [9.17, 15) is 13.2 Å². The molecule has 1 unspecified atom stereocenters. The molecule has 1 aliphatic rings. The fourth-order valence-corrected chi connectivity index (χ4v) is 5.37. The van der Waals surface area contributed by atoms with Crippen LogP contribution in [0.1, 0.15) is 33.3 Å². The first-order valence-electron chi connectivity index (χ1n) is 9.34. The van der Waals surface area contributed by atoms with Crippen molar-refractivity contribution < 1.29 is 13.2 Å². The standard InChI is InChI=1S/C23H27NO3S/c1-17-21(25)24(19-9-7-6-8-10-19)15-23(17,5)16-28(26,27)20-13-11-18(12-14-20)22(2,3)4/h6-14H,1,15-16H2,2-5H3. The summed E-state index contributed by atoms with van der Waals surface area (Å²) in [6.45, 7) is 12.3. The van der Waals surface area contributed by atoms with Gasteiger partial charge in [0, 0.05) is 23.2 Å². The van der Waals surface area contributed by atoms with E-state index in [2.05, 4.69) is 27.4 Å². The summed E-state index contributed by atoms with van der Waals surface area (Å²) < 4.78 is 26.2. The third kappa shape index (κ3) is 3.76. The Morgan fingerprint density at radius 1 is 1.04 bits per heavy atom. The van der Waals surface area contributed by atoms with Gasteiger partial charge in [0.2, 0.25) is 0 Å². The van der Waals surface area contributed by atoms with Crippen LogP contribution in [-0.4, -0.2) is 26.6 Å². The van der Waals surface area contributed by atoms with Gasteiger partial charge in [0.1, 0.15) is 0 Å². The molecule has 1 heterocycles. The predicted octanol–water partition coefficient (Wildman–Crippen LogP) is 4.37. The summed E-state index contributed by atoms with van der Waals surface area (Å²) in [7, 11) is -3.57. The van der Waals surface area contributed by atoms with Crippen LogP contribution in [0, 0.1) is 5.41 Å². The van der Waals surface area contributed by atoms with Crippen LogP contribution in [0.3, 0.4) is 0 Å². The highest BCUT2D eigenvalue weighted by molar-refractivity contribution is 7.91. The number of hydrogen-bond donors (Lipinski definition) is 0. The number of nitrogens with zero attached hydrogens (tertiary/aromatic N) is 1. The Balaban J connectivity index is 1.87. The molecule has 1 amide bonds. The summed E-state index contributed by atoms with van der Waals surface area (Å²) in [5, 5.41) is 0. The van der Waals surface area contributed by atoms with Crippen LogP contribution in [0.25, 0.3) is 0 Å². The third-order valence-electron chi connectivity index (χ3n) is 5.39. The molecule has 1 atom stereocenters. The van der Waals surface area contributed by atoms with E-state index in [-0.39, 0.29) is 22.0 Å². The van der Waals surface area contributed by atoms with Gasteiger partial charge in [0.05, 0.1) is 10.6 Å². The second-order valence-electron chi connectivity index (χ2n) is 8.80. The van der Waals surface area contributed by atoms with E-state index in [0.29, 0.717) is 12.1 Å². The van der Waals surface area contributed by atoms with Crippen LogP contribution >= 0.6 is 0 Å². The molecule has 0 radical (unpaired) electrons. The second kappa shape index (κ2) is 6.89. The lowest BCUT2D eigenvalue weighted by atomic mass is 9.87. The quantitative estimate of drug-likeness (QED) is 0.720. The zero-order valence-electron chi connectivity index (χ0n) is 16.9. The van der Waals surface area contributed by atoms with Crippen LogP contribution < -0.4 is 4.90 Å². The number of carbonyl (C=O) groups is 1. The van der Waals surface area contributed by atoms with Crippen LogP contribution in [0.15, 0.2) is 71.6 Å². The van der Waals surface area contributed by atoms with E-state index in [1.165, 1.54) is 0 Å². The Labute approximate surface area is 167 Å². The molecule has 0 aliphatic carbocycles. The number of para-hydroxylation sites is 1. The Hall–Kier alpha value is -2.40. The number of hydrogen-bond acceptors (Lipinski definition) is 3. The number of anilines is 1. The molecule has 1 saturated heterocycles. The lowest BCUT2D eigenvalue weighted by Crippen LogP contribution is -2.32. The Morgan fingerprint density at radius 2 is 1.61 bits per heavy atom. The van der Waals surface area contributed by atoms with Crippen molar-refractivity contribution >= 4 is 21.4 Å². The smallest absolute Gasteiger partial charge is 0.254 e. The van der Waals surface area contributed by atoms with Crippen molar-refractivity contribution in [2.75, 3.05) is 17.2 Å². The molecular formula is C23H27NO3S. The van der Waals surface area contributed by atoms with Crippen molar-refractivity contribution in [3.63, 3.8) is 0 Å². The normalized spacial score (nSPS) is 20.6. The Bertz CT molecular complexity index is 1000. The van der Waals surface area contributed by atoms with Gasteiger partial charge in [-0.15, -0.1) is 0 Å². The maximum Gasteiger partial charge on any atom is 0.254 e. The molecule has 3 rings (SSSR count). The summed E-state index contributed by atoms with van der Waals surface area (Å²) in [4.78, 5) is 14.6. The molecule has 2 aromatic rings. The molecule has 0 N–H and O–H groups in total. The van der Waals surface area contributed by atoms with Gasteiger partial charge in [-0.2, -0.15) is 0 Å². The highest BCUT2D eigenvalue weighted by Gasteiger charge is 2.46. The fraction of sp³-hybridized carbons (Fsp3) is 0.348. The molecule has 28 heavy (non-hydrogen) atoms. The first-order valence-corrected chi connectivity index (χ1v) is 11.0. The summed E-state index contributed by atoms with van der Waals surface area (Å²) in [6.07, 6.45) is 0. The molecular weight excluding hydrogens is 370 g/mol. The molecule has 2 aromatic carbocycles. The van der Waals surface area contributed by atoms with Gasteiger partial charge in [-0.25, -0.2) is 8.42 Å². The van der Waals surface area contributed by atoms with Crippen LogP contribution in [0.4, 0.5) is 5.69 Å². The van der Waals surface area contributed by atoms with E-state index in [4.69, 9.17) is 0 Å². The molecule has 5 heteroatoms. The molecule has 1 fully saturated rings. The Morgan fingerprint density at radius 3 is 2.14 bits per heavy atom. The second-order valence-corrected chi connectivity index (χ2v) is 10.8. The number of amides is 1.